The number of nitrogens with two attached hydrogens (primary N) is 1. The molecule has 24 heavy (non-hydrogen) atoms. The van der Waals surface area contributed by atoms with Crippen molar-refractivity contribution in [3.8, 4) is 0 Å². The van der Waals surface area contributed by atoms with Crippen LogP contribution in [0.1, 0.15) is 12.0 Å². The van der Waals surface area contributed by atoms with Crippen molar-refractivity contribution in [2.45, 2.75) is 19.1 Å². The highest BCUT2D eigenvalue weighted by Gasteiger charge is 2.19. The lowest BCUT2D eigenvalue weighted by Gasteiger charge is -2.28. The molecule has 2 fully saturated rings. The Kier molecular flexibility index (Phi) is 6.81. The molecule has 1 unspecified atom stereocenters. The second kappa shape index (κ2) is 9.30. The van der Waals surface area contributed by atoms with Gasteiger partial charge in [0.25, 0.3) is 0 Å². The molecule has 0 saturated carbocycles. The van der Waals surface area contributed by atoms with Crippen molar-refractivity contribution < 1.29 is 4.74 Å². The summed E-state index contributed by atoms with van der Waals surface area (Å²) in [5, 5.41) is 0. The molecule has 0 spiro atoms. The zero-order chi connectivity index (χ0) is 16.6. The summed E-state index contributed by atoms with van der Waals surface area (Å²) in [6, 6.07) is 10.6. The van der Waals surface area contributed by atoms with Gasteiger partial charge in [0.1, 0.15) is 0 Å². The molecule has 1 atom stereocenters. The van der Waals surface area contributed by atoms with E-state index in [0.717, 1.165) is 57.3 Å². The number of thioether (sulfide) groups is 1. The molecule has 0 radical (unpaired) electrons. The average Bonchev–Trinajstić information content (AvgIpc) is 2.86. The van der Waals surface area contributed by atoms with Crippen LogP contribution in [-0.2, 0) is 11.3 Å². The molecule has 3 rings (SSSR count). The summed E-state index contributed by atoms with van der Waals surface area (Å²) >= 11 is 1.98. The van der Waals surface area contributed by atoms with Crippen molar-refractivity contribution in [1.82, 2.24) is 9.80 Å². The van der Waals surface area contributed by atoms with Gasteiger partial charge in [-0.25, -0.2) is 0 Å². The van der Waals surface area contributed by atoms with E-state index >= 15 is 0 Å². The van der Waals surface area contributed by atoms with Crippen LogP contribution < -0.4 is 5.73 Å². The SMILES string of the molecule is NC(=NCC1CN(Cc2ccccc2)CCCO1)N1CCSCC1. The van der Waals surface area contributed by atoms with Gasteiger partial charge in [0.2, 0.25) is 0 Å². The summed E-state index contributed by atoms with van der Waals surface area (Å²) < 4.78 is 5.98. The minimum absolute atomic E-state index is 0.133. The van der Waals surface area contributed by atoms with Gasteiger partial charge in [0.15, 0.2) is 5.96 Å². The number of hydrogen-bond donors (Lipinski definition) is 1. The van der Waals surface area contributed by atoms with Gasteiger partial charge < -0.3 is 15.4 Å². The van der Waals surface area contributed by atoms with E-state index in [1.807, 2.05) is 11.8 Å². The van der Waals surface area contributed by atoms with E-state index in [1.54, 1.807) is 0 Å². The summed E-state index contributed by atoms with van der Waals surface area (Å²) in [7, 11) is 0. The number of ether oxygens (including phenoxy) is 1. The fourth-order valence-electron chi connectivity index (χ4n) is 3.15. The maximum atomic E-state index is 6.16. The van der Waals surface area contributed by atoms with Crippen LogP contribution >= 0.6 is 11.8 Å². The van der Waals surface area contributed by atoms with Gasteiger partial charge in [-0.05, 0) is 12.0 Å². The van der Waals surface area contributed by atoms with E-state index in [2.05, 4.69) is 45.1 Å². The van der Waals surface area contributed by atoms with Gasteiger partial charge in [-0.1, -0.05) is 30.3 Å². The van der Waals surface area contributed by atoms with Crippen LogP contribution in [0.3, 0.4) is 0 Å². The van der Waals surface area contributed by atoms with Crippen molar-refractivity contribution in [2.75, 3.05) is 50.8 Å². The van der Waals surface area contributed by atoms with Crippen molar-refractivity contribution in [1.29, 1.82) is 0 Å². The molecule has 0 aromatic heterocycles. The predicted octanol–water partition coefficient (Wildman–Crippen LogP) is 1.64. The summed E-state index contributed by atoms with van der Waals surface area (Å²) in [6.07, 6.45) is 1.21. The van der Waals surface area contributed by atoms with Crippen molar-refractivity contribution in [2.24, 2.45) is 10.7 Å². The van der Waals surface area contributed by atoms with Crippen LogP contribution in [0.5, 0.6) is 0 Å². The third kappa shape index (κ3) is 5.40. The van der Waals surface area contributed by atoms with Crippen LogP contribution in [0.25, 0.3) is 0 Å². The fourth-order valence-corrected chi connectivity index (χ4v) is 4.06. The summed E-state index contributed by atoms with van der Waals surface area (Å²) in [4.78, 5) is 9.27. The number of hydrogen-bond acceptors (Lipinski definition) is 4. The third-order valence-corrected chi connectivity index (χ3v) is 5.42. The van der Waals surface area contributed by atoms with Crippen molar-refractivity contribution >= 4 is 17.7 Å². The first-order chi connectivity index (χ1) is 11.8. The number of benzene rings is 1. The summed E-state index contributed by atoms with van der Waals surface area (Å²) in [5.41, 5.74) is 7.51. The highest BCUT2D eigenvalue weighted by Crippen LogP contribution is 2.12. The van der Waals surface area contributed by atoms with Crippen LogP contribution in [0.2, 0.25) is 0 Å². The minimum Gasteiger partial charge on any atom is -0.375 e. The highest BCUT2D eigenvalue weighted by atomic mass is 32.2. The van der Waals surface area contributed by atoms with E-state index in [4.69, 9.17) is 10.5 Å². The zero-order valence-electron chi connectivity index (χ0n) is 14.3. The Morgan fingerprint density at radius 3 is 2.79 bits per heavy atom. The normalized spacial score (nSPS) is 23.9. The number of guanidine groups is 1. The fraction of sp³-hybridized carbons (Fsp3) is 0.611. The summed E-state index contributed by atoms with van der Waals surface area (Å²) in [6.45, 7) is 6.45. The number of rotatable bonds is 4. The first-order valence-electron chi connectivity index (χ1n) is 8.82. The van der Waals surface area contributed by atoms with Gasteiger partial charge in [-0.15, -0.1) is 0 Å². The standard InChI is InChI=1S/C18H28N4OS/c19-18(22-8-11-24-12-9-22)20-13-17-15-21(7-4-10-23-17)14-16-5-2-1-3-6-16/h1-3,5-6,17H,4,7-15H2,(H2,19,20). The largest absolute Gasteiger partial charge is 0.375 e. The summed E-state index contributed by atoms with van der Waals surface area (Å²) in [5.74, 6) is 2.96. The smallest absolute Gasteiger partial charge is 0.191 e. The van der Waals surface area contributed by atoms with E-state index in [1.165, 1.54) is 5.56 Å². The Hall–Kier alpha value is -1.24. The lowest BCUT2D eigenvalue weighted by atomic mass is 10.2. The predicted molar refractivity (Wildman–Crippen MR) is 101 cm³/mol. The van der Waals surface area contributed by atoms with E-state index in [9.17, 15) is 0 Å². The number of aliphatic imine (C=N–C) groups is 1. The van der Waals surface area contributed by atoms with Gasteiger partial charge in [0, 0.05) is 50.8 Å². The van der Waals surface area contributed by atoms with Crippen molar-refractivity contribution in [3.05, 3.63) is 35.9 Å². The minimum atomic E-state index is 0.133. The Bertz CT molecular complexity index is 519. The molecule has 5 nitrogen and oxygen atoms in total. The average molecular weight is 349 g/mol. The molecule has 132 valence electrons. The first kappa shape index (κ1) is 17.6. The van der Waals surface area contributed by atoms with E-state index in [-0.39, 0.29) is 6.10 Å². The molecule has 0 amide bonds. The lowest BCUT2D eigenvalue weighted by Crippen LogP contribution is -2.43. The molecule has 0 bridgehead atoms. The Labute approximate surface area is 149 Å². The van der Waals surface area contributed by atoms with Gasteiger partial charge in [0.05, 0.1) is 12.6 Å². The monoisotopic (exact) mass is 348 g/mol. The topological polar surface area (TPSA) is 54.1 Å². The Morgan fingerprint density at radius 2 is 2.00 bits per heavy atom. The van der Waals surface area contributed by atoms with Crippen LogP contribution in [0.15, 0.2) is 35.3 Å². The molecule has 2 N–H and O–H groups in total. The van der Waals surface area contributed by atoms with E-state index < -0.39 is 0 Å². The molecule has 1 aromatic carbocycles. The number of nitrogens with zero attached hydrogens (tertiary/aromatic N) is 3. The van der Waals surface area contributed by atoms with Crippen LogP contribution in [-0.4, -0.2) is 72.7 Å². The molecule has 6 heteroatoms. The quantitative estimate of drug-likeness (QED) is 0.662. The molecular weight excluding hydrogens is 320 g/mol. The Morgan fingerprint density at radius 1 is 1.21 bits per heavy atom. The third-order valence-electron chi connectivity index (χ3n) is 4.48. The van der Waals surface area contributed by atoms with Crippen LogP contribution in [0.4, 0.5) is 0 Å². The molecule has 2 heterocycles. The second-order valence-electron chi connectivity index (χ2n) is 6.37. The van der Waals surface area contributed by atoms with Crippen molar-refractivity contribution in [3.63, 3.8) is 0 Å². The molecular formula is C18H28N4OS. The highest BCUT2D eigenvalue weighted by molar-refractivity contribution is 7.99. The molecule has 2 aliphatic heterocycles. The lowest BCUT2D eigenvalue weighted by molar-refractivity contribution is 0.0598. The van der Waals surface area contributed by atoms with Gasteiger partial charge in [-0.2, -0.15) is 11.8 Å². The maximum Gasteiger partial charge on any atom is 0.191 e. The molecule has 2 saturated heterocycles. The zero-order valence-corrected chi connectivity index (χ0v) is 15.1. The first-order valence-corrected chi connectivity index (χ1v) is 9.97. The second-order valence-corrected chi connectivity index (χ2v) is 7.59. The molecule has 0 aliphatic carbocycles. The van der Waals surface area contributed by atoms with Crippen LogP contribution in [0, 0.1) is 0 Å². The van der Waals surface area contributed by atoms with Gasteiger partial charge in [-0.3, -0.25) is 9.89 Å². The molecule has 2 aliphatic rings. The van der Waals surface area contributed by atoms with E-state index in [0.29, 0.717) is 12.5 Å². The van der Waals surface area contributed by atoms with Gasteiger partial charge >= 0.3 is 0 Å². The Balaban J connectivity index is 1.52. The maximum absolute atomic E-state index is 6.16. The molecule has 1 aromatic rings.